The fourth-order valence-corrected chi connectivity index (χ4v) is 1.73. The van der Waals surface area contributed by atoms with Crippen LogP contribution in [0.2, 0.25) is 0 Å². The molecule has 0 fully saturated rings. The second-order valence-corrected chi connectivity index (χ2v) is 4.24. The first-order valence-corrected chi connectivity index (χ1v) is 6.39. The summed E-state index contributed by atoms with van der Waals surface area (Å²) in [6.45, 7) is 7.67. The molecule has 1 aromatic heterocycles. The summed E-state index contributed by atoms with van der Waals surface area (Å²) >= 11 is 0. The first kappa shape index (κ1) is 13.9. The zero-order chi connectivity index (χ0) is 14.5. The zero-order valence-electron chi connectivity index (χ0n) is 11.6. The number of ketones is 1. The lowest BCUT2D eigenvalue weighted by atomic mass is 10.2. The van der Waals surface area contributed by atoms with Crippen molar-refractivity contribution in [3.63, 3.8) is 0 Å². The number of carbonyl (C=O) groups excluding carboxylic acids is 1. The Bertz CT molecular complexity index is 636. The van der Waals surface area contributed by atoms with E-state index in [2.05, 4.69) is 16.5 Å². The van der Waals surface area contributed by atoms with Crippen LogP contribution in [0.3, 0.4) is 0 Å². The lowest BCUT2D eigenvalue weighted by molar-refractivity contribution is 0.101. The SMILES string of the molecule is C=C(OCC)c1cc(C(C)=O)nc(-c2ccccc2)n1. The molecule has 102 valence electrons. The van der Waals surface area contributed by atoms with Crippen molar-refractivity contribution in [3.8, 4) is 11.4 Å². The number of Topliss-reactive ketones (excluding diaryl/α,β-unsaturated/α-hetero) is 1. The van der Waals surface area contributed by atoms with Gasteiger partial charge in [-0.05, 0) is 13.0 Å². The number of carbonyl (C=O) groups is 1. The molecule has 0 saturated carbocycles. The molecule has 0 aliphatic heterocycles. The molecule has 0 radical (unpaired) electrons. The first-order valence-electron chi connectivity index (χ1n) is 6.39. The number of ether oxygens (including phenoxy) is 1. The third-order valence-electron chi connectivity index (χ3n) is 2.72. The van der Waals surface area contributed by atoms with E-state index in [4.69, 9.17) is 4.74 Å². The summed E-state index contributed by atoms with van der Waals surface area (Å²) in [7, 11) is 0. The van der Waals surface area contributed by atoms with E-state index in [-0.39, 0.29) is 5.78 Å². The predicted molar refractivity (Wildman–Crippen MR) is 78.1 cm³/mol. The maximum atomic E-state index is 11.6. The molecule has 2 rings (SSSR count). The molecule has 20 heavy (non-hydrogen) atoms. The van der Waals surface area contributed by atoms with E-state index in [0.717, 1.165) is 5.56 Å². The standard InChI is InChI=1S/C16H16N2O2/c1-4-20-12(3)15-10-14(11(2)19)17-16(18-15)13-8-6-5-7-9-13/h5-10H,3-4H2,1-2H3. The van der Waals surface area contributed by atoms with E-state index in [9.17, 15) is 4.79 Å². The van der Waals surface area contributed by atoms with Crippen molar-refractivity contribution in [2.24, 2.45) is 0 Å². The van der Waals surface area contributed by atoms with Gasteiger partial charge in [0.05, 0.1) is 6.61 Å². The van der Waals surface area contributed by atoms with Crippen LogP contribution in [0.5, 0.6) is 0 Å². The summed E-state index contributed by atoms with van der Waals surface area (Å²) in [5.74, 6) is 0.818. The second-order valence-electron chi connectivity index (χ2n) is 4.24. The van der Waals surface area contributed by atoms with Crippen LogP contribution in [0.25, 0.3) is 17.1 Å². The third kappa shape index (κ3) is 3.09. The fraction of sp³-hybridized carbons (Fsp3) is 0.188. The van der Waals surface area contributed by atoms with Crippen LogP contribution in [0.1, 0.15) is 30.0 Å². The van der Waals surface area contributed by atoms with E-state index >= 15 is 0 Å². The molecule has 1 heterocycles. The molecule has 0 bridgehead atoms. The van der Waals surface area contributed by atoms with Gasteiger partial charge in [-0.15, -0.1) is 0 Å². The molecule has 4 nitrogen and oxygen atoms in total. The largest absolute Gasteiger partial charge is 0.492 e. The lowest BCUT2D eigenvalue weighted by Gasteiger charge is -2.09. The van der Waals surface area contributed by atoms with Gasteiger partial charge in [0.2, 0.25) is 0 Å². The highest BCUT2D eigenvalue weighted by molar-refractivity contribution is 5.93. The minimum Gasteiger partial charge on any atom is -0.492 e. The summed E-state index contributed by atoms with van der Waals surface area (Å²) in [4.78, 5) is 20.3. The topological polar surface area (TPSA) is 52.1 Å². The van der Waals surface area contributed by atoms with Gasteiger partial charge in [0.15, 0.2) is 11.6 Å². The van der Waals surface area contributed by atoms with Gasteiger partial charge in [-0.3, -0.25) is 4.79 Å². The Morgan fingerprint density at radius 1 is 1.20 bits per heavy atom. The number of aromatic nitrogens is 2. The van der Waals surface area contributed by atoms with Crippen LogP contribution in [-0.2, 0) is 4.74 Å². The average molecular weight is 268 g/mol. The van der Waals surface area contributed by atoms with Crippen LogP contribution >= 0.6 is 0 Å². The highest BCUT2D eigenvalue weighted by Crippen LogP contribution is 2.19. The lowest BCUT2D eigenvalue weighted by Crippen LogP contribution is -2.04. The summed E-state index contributed by atoms with van der Waals surface area (Å²) in [6.07, 6.45) is 0. The van der Waals surface area contributed by atoms with Crippen molar-refractivity contribution in [2.75, 3.05) is 6.61 Å². The molecule has 1 aromatic carbocycles. The molecular weight excluding hydrogens is 252 g/mol. The molecule has 0 unspecified atom stereocenters. The molecule has 0 amide bonds. The first-order chi connectivity index (χ1) is 9.61. The Hall–Kier alpha value is -2.49. The van der Waals surface area contributed by atoms with Gasteiger partial charge in [-0.1, -0.05) is 36.9 Å². The fourth-order valence-electron chi connectivity index (χ4n) is 1.73. The van der Waals surface area contributed by atoms with Crippen molar-refractivity contribution in [2.45, 2.75) is 13.8 Å². The van der Waals surface area contributed by atoms with E-state index < -0.39 is 0 Å². The van der Waals surface area contributed by atoms with Crippen molar-refractivity contribution in [3.05, 3.63) is 54.4 Å². The molecular formula is C16H16N2O2. The number of benzene rings is 1. The summed E-state index contributed by atoms with van der Waals surface area (Å²) in [5, 5.41) is 0. The van der Waals surface area contributed by atoms with Crippen molar-refractivity contribution >= 4 is 11.5 Å². The molecule has 0 atom stereocenters. The van der Waals surface area contributed by atoms with Gasteiger partial charge in [-0.25, -0.2) is 9.97 Å². The maximum absolute atomic E-state index is 11.6. The minimum absolute atomic E-state index is 0.116. The second kappa shape index (κ2) is 6.10. The van der Waals surface area contributed by atoms with Crippen LogP contribution in [0.15, 0.2) is 43.0 Å². The van der Waals surface area contributed by atoms with Gasteiger partial charge < -0.3 is 4.74 Å². The van der Waals surface area contributed by atoms with Gasteiger partial charge in [-0.2, -0.15) is 0 Å². The van der Waals surface area contributed by atoms with Crippen LogP contribution in [0, 0.1) is 0 Å². The Morgan fingerprint density at radius 2 is 1.85 bits per heavy atom. The number of rotatable bonds is 5. The van der Waals surface area contributed by atoms with E-state index in [1.165, 1.54) is 6.92 Å². The number of hydrogen-bond acceptors (Lipinski definition) is 4. The zero-order valence-corrected chi connectivity index (χ0v) is 11.6. The summed E-state index contributed by atoms with van der Waals surface area (Å²) in [5.41, 5.74) is 1.74. The van der Waals surface area contributed by atoms with Crippen molar-refractivity contribution in [1.82, 2.24) is 9.97 Å². The van der Waals surface area contributed by atoms with Gasteiger partial charge in [0.25, 0.3) is 0 Å². The Kier molecular flexibility index (Phi) is 4.25. The minimum atomic E-state index is -0.116. The van der Waals surface area contributed by atoms with E-state index in [0.29, 0.717) is 29.6 Å². The Morgan fingerprint density at radius 3 is 2.45 bits per heavy atom. The molecule has 0 saturated heterocycles. The monoisotopic (exact) mass is 268 g/mol. The third-order valence-corrected chi connectivity index (χ3v) is 2.72. The van der Waals surface area contributed by atoms with E-state index in [1.54, 1.807) is 6.07 Å². The molecule has 2 aromatic rings. The Labute approximate surface area is 118 Å². The molecule has 0 N–H and O–H groups in total. The number of nitrogens with zero attached hydrogens (tertiary/aromatic N) is 2. The maximum Gasteiger partial charge on any atom is 0.178 e. The quantitative estimate of drug-likeness (QED) is 0.616. The highest BCUT2D eigenvalue weighted by atomic mass is 16.5. The highest BCUT2D eigenvalue weighted by Gasteiger charge is 2.12. The molecule has 0 spiro atoms. The van der Waals surface area contributed by atoms with E-state index in [1.807, 2.05) is 37.3 Å². The number of hydrogen-bond donors (Lipinski definition) is 0. The summed E-state index contributed by atoms with van der Waals surface area (Å²) < 4.78 is 5.36. The summed E-state index contributed by atoms with van der Waals surface area (Å²) in [6, 6.07) is 11.1. The molecule has 0 aliphatic carbocycles. The molecule has 4 heteroatoms. The Balaban J connectivity index is 2.52. The van der Waals surface area contributed by atoms with Crippen LogP contribution in [-0.4, -0.2) is 22.4 Å². The van der Waals surface area contributed by atoms with Crippen molar-refractivity contribution < 1.29 is 9.53 Å². The van der Waals surface area contributed by atoms with Gasteiger partial charge >= 0.3 is 0 Å². The van der Waals surface area contributed by atoms with Gasteiger partial charge in [0.1, 0.15) is 17.1 Å². The van der Waals surface area contributed by atoms with Crippen molar-refractivity contribution in [1.29, 1.82) is 0 Å². The average Bonchev–Trinajstić information content (AvgIpc) is 2.48. The van der Waals surface area contributed by atoms with Crippen LogP contribution < -0.4 is 0 Å². The predicted octanol–water partition coefficient (Wildman–Crippen LogP) is 3.35. The normalized spacial score (nSPS) is 10.1. The smallest absolute Gasteiger partial charge is 0.178 e. The van der Waals surface area contributed by atoms with Crippen LogP contribution in [0.4, 0.5) is 0 Å². The molecule has 0 aliphatic rings. The van der Waals surface area contributed by atoms with Gasteiger partial charge in [0, 0.05) is 12.5 Å².